The predicted molar refractivity (Wildman–Crippen MR) is 69.0 cm³/mol. The lowest BCUT2D eigenvalue weighted by Gasteiger charge is -2.26. The van der Waals surface area contributed by atoms with E-state index in [9.17, 15) is 4.79 Å². The van der Waals surface area contributed by atoms with Gasteiger partial charge >= 0.3 is 5.97 Å². The molecule has 1 saturated heterocycles. The number of likely N-dealkylation sites (tertiary alicyclic amines) is 1. The molecule has 0 amide bonds. The van der Waals surface area contributed by atoms with Gasteiger partial charge in [0.2, 0.25) is 0 Å². The molecular formula is C13H26N2O2. The van der Waals surface area contributed by atoms with Gasteiger partial charge in [-0.3, -0.25) is 9.69 Å². The molecule has 1 atom stereocenters. The number of rotatable bonds is 7. The van der Waals surface area contributed by atoms with Crippen molar-refractivity contribution in [3.05, 3.63) is 0 Å². The highest BCUT2D eigenvalue weighted by atomic mass is 16.5. The van der Waals surface area contributed by atoms with Crippen molar-refractivity contribution in [2.75, 3.05) is 39.8 Å². The van der Waals surface area contributed by atoms with Crippen LogP contribution in [0.4, 0.5) is 0 Å². The summed E-state index contributed by atoms with van der Waals surface area (Å²) in [6, 6.07) is 0.711. The van der Waals surface area contributed by atoms with Crippen molar-refractivity contribution in [2.45, 2.75) is 39.2 Å². The van der Waals surface area contributed by atoms with Gasteiger partial charge in [-0.25, -0.2) is 0 Å². The molecule has 1 heterocycles. The van der Waals surface area contributed by atoms with Gasteiger partial charge in [0.05, 0.1) is 7.11 Å². The van der Waals surface area contributed by atoms with Crippen LogP contribution in [-0.2, 0) is 9.53 Å². The Bertz CT molecular complexity index is 229. The van der Waals surface area contributed by atoms with Crippen molar-refractivity contribution in [1.29, 1.82) is 0 Å². The molecule has 4 nitrogen and oxygen atoms in total. The van der Waals surface area contributed by atoms with Crippen molar-refractivity contribution < 1.29 is 9.53 Å². The zero-order valence-corrected chi connectivity index (χ0v) is 11.4. The molecule has 0 spiro atoms. The summed E-state index contributed by atoms with van der Waals surface area (Å²) in [5, 5.41) is 0. The zero-order valence-electron chi connectivity index (χ0n) is 11.4. The van der Waals surface area contributed by atoms with E-state index < -0.39 is 0 Å². The van der Waals surface area contributed by atoms with Gasteiger partial charge in [0.25, 0.3) is 0 Å². The van der Waals surface area contributed by atoms with Gasteiger partial charge in [0.1, 0.15) is 0 Å². The second-order valence-electron chi connectivity index (χ2n) is 4.64. The quantitative estimate of drug-likeness (QED) is 0.631. The zero-order chi connectivity index (χ0) is 12.7. The summed E-state index contributed by atoms with van der Waals surface area (Å²) in [5.41, 5.74) is 0. The molecule has 0 radical (unpaired) electrons. The largest absolute Gasteiger partial charge is 0.469 e. The average Bonchev–Trinajstić information content (AvgIpc) is 2.79. The fraction of sp³-hybridized carbons (Fsp3) is 0.923. The molecular weight excluding hydrogens is 216 g/mol. The SMILES string of the molecule is CCN(CC)C1CCN(CCCC(=O)OC)C1. The molecule has 0 aromatic rings. The molecule has 1 aliphatic rings. The van der Waals surface area contributed by atoms with E-state index in [1.54, 1.807) is 0 Å². The summed E-state index contributed by atoms with van der Waals surface area (Å²) < 4.78 is 4.64. The Labute approximate surface area is 105 Å². The van der Waals surface area contributed by atoms with E-state index in [1.165, 1.54) is 20.1 Å². The second-order valence-corrected chi connectivity index (χ2v) is 4.64. The number of hydrogen-bond donors (Lipinski definition) is 0. The molecule has 4 heteroatoms. The van der Waals surface area contributed by atoms with Crippen LogP contribution < -0.4 is 0 Å². The highest BCUT2D eigenvalue weighted by Gasteiger charge is 2.25. The van der Waals surface area contributed by atoms with Crippen molar-refractivity contribution in [1.82, 2.24) is 9.80 Å². The Hall–Kier alpha value is -0.610. The minimum absolute atomic E-state index is 0.0931. The number of ether oxygens (including phenoxy) is 1. The van der Waals surface area contributed by atoms with Crippen LogP contribution in [0.5, 0.6) is 0 Å². The highest BCUT2D eigenvalue weighted by molar-refractivity contribution is 5.69. The summed E-state index contributed by atoms with van der Waals surface area (Å²) in [5.74, 6) is -0.0931. The Kier molecular flexibility index (Phi) is 6.52. The maximum atomic E-state index is 11.0. The lowest BCUT2D eigenvalue weighted by Crippen LogP contribution is -2.37. The second kappa shape index (κ2) is 7.67. The standard InChI is InChI=1S/C13H26N2O2/c1-4-15(5-2)12-8-10-14(11-12)9-6-7-13(16)17-3/h12H,4-11H2,1-3H3. The fourth-order valence-corrected chi connectivity index (χ4v) is 2.60. The molecule has 0 aromatic heterocycles. The first-order valence-corrected chi connectivity index (χ1v) is 6.74. The lowest BCUT2D eigenvalue weighted by atomic mass is 10.2. The summed E-state index contributed by atoms with van der Waals surface area (Å²) in [6.07, 6.45) is 2.72. The number of likely N-dealkylation sites (N-methyl/N-ethyl adjacent to an activating group) is 1. The smallest absolute Gasteiger partial charge is 0.305 e. The van der Waals surface area contributed by atoms with Crippen molar-refractivity contribution >= 4 is 5.97 Å². The van der Waals surface area contributed by atoms with E-state index in [0.29, 0.717) is 12.5 Å². The van der Waals surface area contributed by atoms with Crippen LogP contribution in [0.2, 0.25) is 0 Å². The number of nitrogens with zero attached hydrogens (tertiary/aromatic N) is 2. The molecule has 0 N–H and O–H groups in total. The van der Waals surface area contributed by atoms with Crippen LogP contribution in [0.25, 0.3) is 0 Å². The van der Waals surface area contributed by atoms with Gasteiger partial charge in [-0.05, 0) is 39.0 Å². The van der Waals surface area contributed by atoms with E-state index in [-0.39, 0.29) is 5.97 Å². The summed E-state index contributed by atoms with van der Waals surface area (Å²) in [6.45, 7) is 10.1. The van der Waals surface area contributed by atoms with Crippen molar-refractivity contribution in [3.63, 3.8) is 0 Å². The molecule has 0 saturated carbocycles. The Morgan fingerprint density at radius 2 is 2.12 bits per heavy atom. The first-order chi connectivity index (χ1) is 8.21. The van der Waals surface area contributed by atoms with Crippen molar-refractivity contribution in [3.8, 4) is 0 Å². The number of carbonyl (C=O) groups excluding carboxylic acids is 1. The van der Waals surface area contributed by atoms with Crippen LogP contribution in [0, 0.1) is 0 Å². The molecule has 1 unspecified atom stereocenters. The Balaban J connectivity index is 2.19. The first-order valence-electron chi connectivity index (χ1n) is 6.74. The molecule has 0 aliphatic carbocycles. The van der Waals surface area contributed by atoms with Crippen LogP contribution in [0.1, 0.15) is 33.1 Å². The minimum atomic E-state index is -0.0931. The van der Waals surface area contributed by atoms with Crippen LogP contribution in [0.3, 0.4) is 0 Å². The van der Waals surface area contributed by atoms with Gasteiger partial charge in [-0.2, -0.15) is 0 Å². The number of carbonyl (C=O) groups is 1. The lowest BCUT2D eigenvalue weighted by molar-refractivity contribution is -0.140. The fourth-order valence-electron chi connectivity index (χ4n) is 2.60. The summed E-state index contributed by atoms with van der Waals surface area (Å²) >= 11 is 0. The minimum Gasteiger partial charge on any atom is -0.469 e. The maximum absolute atomic E-state index is 11.0. The molecule has 17 heavy (non-hydrogen) atoms. The van der Waals surface area contributed by atoms with Gasteiger partial charge in [-0.15, -0.1) is 0 Å². The van der Waals surface area contributed by atoms with E-state index >= 15 is 0 Å². The molecule has 100 valence electrons. The normalized spacial score (nSPS) is 21.1. The number of hydrogen-bond acceptors (Lipinski definition) is 4. The van der Waals surface area contributed by atoms with Crippen LogP contribution in [-0.4, -0.2) is 61.6 Å². The Morgan fingerprint density at radius 3 is 2.71 bits per heavy atom. The van der Waals surface area contributed by atoms with E-state index in [2.05, 4.69) is 28.4 Å². The first kappa shape index (κ1) is 14.5. The van der Waals surface area contributed by atoms with Crippen molar-refractivity contribution in [2.24, 2.45) is 0 Å². The highest BCUT2D eigenvalue weighted by Crippen LogP contribution is 2.15. The van der Waals surface area contributed by atoms with Gasteiger partial charge in [-0.1, -0.05) is 13.8 Å². The van der Waals surface area contributed by atoms with E-state index in [0.717, 1.165) is 32.6 Å². The summed E-state index contributed by atoms with van der Waals surface area (Å²) in [7, 11) is 1.45. The molecule has 1 fully saturated rings. The molecule has 0 bridgehead atoms. The van der Waals surface area contributed by atoms with E-state index in [1.807, 2.05) is 0 Å². The third-order valence-corrected chi connectivity index (χ3v) is 3.66. The average molecular weight is 242 g/mol. The predicted octanol–water partition coefficient (Wildman–Crippen LogP) is 1.36. The Morgan fingerprint density at radius 1 is 1.41 bits per heavy atom. The topological polar surface area (TPSA) is 32.8 Å². The third-order valence-electron chi connectivity index (χ3n) is 3.66. The summed E-state index contributed by atoms with van der Waals surface area (Å²) in [4.78, 5) is 16.0. The monoisotopic (exact) mass is 242 g/mol. The maximum Gasteiger partial charge on any atom is 0.305 e. The van der Waals surface area contributed by atoms with Gasteiger partial charge < -0.3 is 9.64 Å². The molecule has 1 aliphatic heterocycles. The number of methoxy groups -OCH3 is 1. The van der Waals surface area contributed by atoms with Gasteiger partial charge in [0.15, 0.2) is 0 Å². The van der Waals surface area contributed by atoms with Crippen LogP contribution >= 0.6 is 0 Å². The van der Waals surface area contributed by atoms with E-state index in [4.69, 9.17) is 0 Å². The molecule has 0 aromatic carbocycles. The number of esters is 1. The third kappa shape index (κ3) is 4.64. The molecule has 1 rings (SSSR count). The van der Waals surface area contributed by atoms with Gasteiger partial charge in [0, 0.05) is 19.0 Å². The van der Waals surface area contributed by atoms with Crippen LogP contribution in [0.15, 0.2) is 0 Å².